The molecule has 1 unspecified atom stereocenters. The molecule has 0 bridgehead atoms. The summed E-state index contributed by atoms with van der Waals surface area (Å²) in [5, 5.41) is 3.31. The Hall–Kier alpha value is -2.04. The minimum atomic E-state index is 0.0967. The van der Waals surface area contributed by atoms with Crippen LogP contribution in [0.5, 0.6) is 11.5 Å². The molecule has 2 aromatic rings. The number of hydrogen-bond donors (Lipinski definition) is 1. The summed E-state index contributed by atoms with van der Waals surface area (Å²) in [4.78, 5) is 0. The fourth-order valence-corrected chi connectivity index (χ4v) is 2.59. The first kappa shape index (κ1) is 14.9. The molecule has 0 saturated carbocycles. The van der Waals surface area contributed by atoms with Crippen LogP contribution in [0.25, 0.3) is 11.1 Å². The van der Waals surface area contributed by atoms with Crippen LogP contribution in [0.1, 0.15) is 0 Å². The van der Waals surface area contributed by atoms with Gasteiger partial charge >= 0.3 is 0 Å². The number of para-hydroxylation sites is 2. The number of hydrogen-bond acceptors (Lipinski definition) is 4. The highest BCUT2D eigenvalue weighted by atomic mass is 16.5. The first-order valence-electron chi connectivity index (χ1n) is 7.56. The molecular weight excluding hydrogens is 278 g/mol. The fourth-order valence-electron chi connectivity index (χ4n) is 2.59. The smallest absolute Gasteiger partial charge is 0.127 e. The minimum Gasteiger partial charge on any atom is -0.496 e. The van der Waals surface area contributed by atoms with E-state index in [1.807, 2.05) is 48.5 Å². The first-order chi connectivity index (χ1) is 10.9. The maximum Gasteiger partial charge on any atom is 0.127 e. The monoisotopic (exact) mass is 299 g/mol. The van der Waals surface area contributed by atoms with E-state index >= 15 is 0 Å². The Labute approximate surface area is 131 Å². The standard InChI is InChI=1S/C18H21NO3/c1-20-17-8-4-2-6-15(17)16-7-3-5-9-18(16)22-13-14-12-19-10-11-21-14/h2-9,14,19H,10-13H2,1H3. The first-order valence-corrected chi connectivity index (χ1v) is 7.56. The number of methoxy groups -OCH3 is 1. The lowest BCUT2D eigenvalue weighted by atomic mass is 10.0. The fraction of sp³-hybridized carbons (Fsp3) is 0.333. The summed E-state index contributed by atoms with van der Waals surface area (Å²) in [5.74, 6) is 1.69. The van der Waals surface area contributed by atoms with Crippen molar-refractivity contribution in [1.29, 1.82) is 0 Å². The van der Waals surface area contributed by atoms with Crippen molar-refractivity contribution >= 4 is 0 Å². The van der Waals surface area contributed by atoms with Gasteiger partial charge in [-0.1, -0.05) is 36.4 Å². The molecule has 3 rings (SSSR count). The second-order valence-corrected chi connectivity index (χ2v) is 5.20. The van der Waals surface area contributed by atoms with E-state index in [1.165, 1.54) is 0 Å². The molecule has 1 aliphatic rings. The van der Waals surface area contributed by atoms with E-state index < -0.39 is 0 Å². The average molecular weight is 299 g/mol. The van der Waals surface area contributed by atoms with Crippen molar-refractivity contribution in [3.63, 3.8) is 0 Å². The average Bonchev–Trinajstić information content (AvgIpc) is 2.61. The Bertz CT molecular complexity index is 609. The summed E-state index contributed by atoms with van der Waals surface area (Å²) < 4.78 is 17.1. The molecule has 116 valence electrons. The highest BCUT2D eigenvalue weighted by Gasteiger charge is 2.16. The van der Waals surface area contributed by atoms with Crippen LogP contribution in [0.2, 0.25) is 0 Å². The molecule has 1 atom stereocenters. The van der Waals surface area contributed by atoms with E-state index in [1.54, 1.807) is 7.11 Å². The summed E-state index contributed by atoms with van der Waals surface area (Å²) in [7, 11) is 1.68. The Balaban J connectivity index is 1.80. The molecule has 4 nitrogen and oxygen atoms in total. The Morgan fingerprint density at radius 3 is 2.41 bits per heavy atom. The van der Waals surface area contributed by atoms with Crippen molar-refractivity contribution in [2.75, 3.05) is 33.4 Å². The van der Waals surface area contributed by atoms with Gasteiger partial charge in [0.25, 0.3) is 0 Å². The van der Waals surface area contributed by atoms with Crippen molar-refractivity contribution in [2.45, 2.75) is 6.10 Å². The van der Waals surface area contributed by atoms with E-state index in [0.29, 0.717) is 6.61 Å². The van der Waals surface area contributed by atoms with E-state index in [2.05, 4.69) is 5.32 Å². The molecule has 1 fully saturated rings. The third-order valence-electron chi connectivity index (χ3n) is 3.71. The summed E-state index contributed by atoms with van der Waals surface area (Å²) >= 11 is 0. The molecule has 4 heteroatoms. The summed E-state index contributed by atoms with van der Waals surface area (Å²) in [6.07, 6.45) is 0.0967. The molecule has 0 aromatic heterocycles. The van der Waals surface area contributed by atoms with Gasteiger partial charge in [-0.15, -0.1) is 0 Å². The topological polar surface area (TPSA) is 39.7 Å². The predicted molar refractivity (Wildman–Crippen MR) is 86.5 cm³/mol. The SMILES string of the molecule is COc1ccccc1-c1ccccc1OCC1CNCCO1. The van der Waals surface area contributed by atoms with Crippen LogP contribution in [0, 0.1) is 0 Å². The van der Waals surface area contributed by atoms with Gasteiger partial charge in [0.15, 0.2) is 0 Å². The summed E-state index contributed by atoms with van der Waals surface area (Å²) in [5.41, 5.74) is 2.06. The predicted octanol–water partition coefficient (Wildman–Crippen LogP) is 2.73. The Morgan fingerprint density at radius 1 is 1.05 bits per heavy atom. The quantitative estimate of drug-likeness (QED) is 0.921. The molecule has 22 heavy (non-hydrogen) atoms. The highest BCUT2D eigenvalue weighted by molar-refractivity contribution is 5.75. The molecule has 2 aromatic carbocycles. The summed E-state index contributed by atoms with van der Waals surface area (Å²) in [6, 6.07) is 16.0. The maximum atomic E-state index is 6.01. The zero-order valence-corrected chi connectivity index (χ0v) is 12.7. The molecule has 1 saturated heterocycles. The van der Waals surface area contributed by atoms with Crippen molar-refractivity contribution in [3.8, 4) is 22.6 Å². The maximum absolute atomic E-state index is 6.01. The zero-order valence-electron chi connectivity index (χ0n) is 12.7. The molecule has 1 heterocycles. The molecule has 0 amide bonds. The van der Waals surface area contributed by atoms with Gasteiger partial charge in [0, 0.05) is 24.2 Å². The summed E-state index contributed by atoms with van der Waals surface area (Å²) in [6.45, 7) is 3.02. The lowest BCUT2D eigenvalue weighted by molar-refractivity contribution is 0.000315. The van der Waals surface area contributed by atoms with Crippen LogP contribution < -0.4 is 14.8 Å². The van der Waals surface area contributed by atoms with Crippen LogP contribution >= 0.6 is 0 Å². The van der Waals surface area contributed by atoms with E-state index in [0.717, 1.165) is 42.3 Å². The van der Waals surface area contributed by atoms with Gasteiger partial charge in [-0.05, 0) is 12.1 Å². The van der Waals surface area contributed by atoms with Crippen molar-refractivity contribution in [1.82, 2.24) is 5.32 Å². The molecule has 0 spiro atoms. The van der Waals surface area contributed by atoms with Crippen molar-refractivity contribution < 1.29 is 14.2 Å². The van der Waals surface area contributed by atoms with Crippen LogP contribution in [-0.4, -0.2) is 39.5 Å². The van der Waals surface area contributed by atoms with Gasteiger partial charge in [-0.3, -0.25) is 0 Å². The van der Waals surface area contributed by atoms with Crippen LogP contribution in [-0.2, 0) is 4.74 Å². The number of nitrogens with one attached hydrogen (secondary N) is 1. The molecule has 1 aliphatic heterocycles. The van der Waals surface area contributed by atoms with E-state index in [-0.39, 0.29) is 6.10 Å². The van der Waals surface area contributed by atoms with Crippen LogP contribution in [0.3, 0.4) is 0 Å². The van der Waals surface area contributed by atoms with E-state index in [9.17, 15) is 0 Å². The lowest BCUT2D eigenvalue weighted by Gasteiger charge is -2.24. The van der Waals surface area contributed by atoms with Gasteiger partial charge < -0.3 is 19.5 Å². The molecule has 0 aliphatic carbocycles. The number of benzene rings is 2. The number of rotatable bonds is 5. The highest BCUT2D eigenvalue weighted by Crippen LogP contribution is 2.36. The molecule has 1 N–H and O–H groups in total. The Kier molecular flexibility index (Phi) is 4.93. The zero-order chi connectivity index (χ0) is 15.2. The third kappa shape index (κ3) is 3.40. The Morgan fingerprint density at radius 2 is 1.73 bits per heavy atom. The second kappa shape index (κ2) is 7.29. The van der Waals surface area contributed by atoms with Gasteiger partial charge in [-0.2, -0.15) is 0 Å². The van der Waals surface area contributed by atoms with Crippen LogP contribution in [0.4, 0.5) is 0 Å². The lowest BCUT2D eigenvalue weighted by Crippen LogP contribution is -2.41. The van der Waals surface area contributed by atoms with E-state index in [4.69, 9.17) is 14.2 Å². The molecule has 0 radical (unpaired) electrons. The van der Waals surface area contributed by atoms with Gasteiger partial charge in [-0.25, -0.2) is 0 Å². The van der Waals surface area contributed by atoms with Crippen LogP contribution in [0.15, 0.2) is 48.5 Å². The largest absolute Gasteiger partial charge is 0.496 e. The van der Waals surface area contributed by atoms with Gasteiger partial charge in [0.05, 0.1) is 13.7 Å². The molecular formula is C18H21NO3. The van der Waals surface area contributed by atoms with Gasteiger partial charge in [0.1, 0.15) is 24.2 Å². The third-order valence-corrected chi connectivity index (χ3v) is 3.71. The second-order valence-electron chi connectivity index (χ2n) is 5.20. The normalized spacial score (nSPS) is 18.0. The van der Waals surface area contributed by atoms with Crippen molar-refractivity contribution in [2.24, 2.45) is 0 Å². The van der Waals surface area contributed by atoms with Crippen molar-refractivity contribution in [3.05, 3.63) is 48.5 Å². The number of morpholine rings is 1. The minimum absolute atomic E-state index is 0.0967. The number of ether oxygens (including phenoxy) is 3. The van der Waals surface area contributed by atoms with Gasteiger partial charge in [0.2, 0.25) is 0 Å².